The Kier molecular flexibility index (Phi) is 4.26. The van der Waals surface area contributed by atoms with Crippen molar-refractivity contribution in [1.82, 2.24) is 29.4 Å². The number of para-hydroxylation sites is 1. The molecule has 0 radical (unpaired) electrons. The fourth-order valence-corrected chi connectivity index (χ4v) is 3.40. The minimum absolute atomic E-state index is 0.0187. The van der Waals surface area contributed by atoms with E-state index in [1.54, 1.807) is 12.5 Å². The Labute approximate surface area is 151 Å². The molecule has 2 N–H and O–H groups in total. The van der Waals surface area contributed by atoms with Crippen LogP contribution in [-0.2, 0) is 18.3 Å². The van der Waals surface area contributed by atoms with Crippen molar-refractivity contribution >= 4 is 5.91 Å². The second-order valence-corrected chi connectivity index (χ2v) is 6.64. The number of hydrogen-bond acceptors (Lipinski definition) is 5. The summed E-state index contributed by atoms with van der Waals surface area (Å²) in [6.07, 6.45) is 5.44. The zero-order valence-electron chi connectivity index (χ0n) is 14.6. The third-order valence-electron chi connectivity index (χ3n) is 4.81. The molecule has 1 fully saturated rings. The standard InChI is InChI=1S/C18H21N7O/c1-23-12-20-9-17(23)15-10-24(11-16(15)19)18(26)7-13-8-21-25(22-13)14-5-3-2-4-6-14/h2-6,8-9,12,15-16H,7,10-11,19H2,1H3/t15-,16-/m1/s1. The van der Waals surface area contributed by atoms with Crippen LogP contribution in [0.5, 0.6) is 0 Å². The van der Waals surface area contributed by atoms with Gasteiger partial charge in [0.15, 0.2) is 0 Å². The zero-order valence-corrected chi connectivity index (χ0v) is 14.6. The first-order valence-electron chi connectivity index (χ1n) is 8.58. The van der Waals surface area contributed by atoms with E-state index in [4.69, 9.17) is 5.73 Å². The number of carbonyl (C=O) groups excluding carboxylic acids is 1. The van der Waals surface area contributed by atoms with Gasteiger partial charge >= 0.3 is 0 Å². The molecule has 3 heterocycles. The highest BCUT2D eigenvalue weighted by Crippen LogP contribution is 2.26. The minimum Gasteiger partial charge on any atom is -0.340 e. The molecule has 4 rings (SSSR count). The van der Waals surface area contributed by atoms with Crippen molar-refractivity contribution in [2.24, 2.45) is 12.8 Å². The van der Waals surface area contributed by atoms with Gasteiger partial charge in [0.2, 0.25) is 5.91 Å². The number of nitrogens with two attached hydrogens (primary N) is 1. The summed E-state index contributed by atoms with van der Waals surface area (Å²) in [4.78, 5) is 20.2. The average Bonchev–Trinajstić information content (AvgIpc) is 3.36. The second kappa shape index (κ2) is 6.72. The van der Waals surface area contributed by atoms with Crippen LogP contribution >= 0.6 is 0 Å². The number of likely N-dealkylation sites (tertiary alicyclic amines) is 1. The van der Waals surface area contributed by atoms with Crippen molar-refractivity contribution in [2.75, 3.05) is 13.1 Å². The van der Waals surface area contributed by atoms with Crippen LogP contribution in [0.25, 0.3) is 5.69 Å². The van der Waals surface area contributed by atoms with Gasteiger partial charge in [-0.2, -0.15) is 15.0 Å². The van der Waals surface area contributed by atoms with Crippen LogP contribution in [0.4, 0.5) is 0 Å². The number of nitrogens with zero attached hydrogens (tertiary/aromatic N) is 6. The Hall–Kier alpha value is -3.00. The van der Waals surface area contributed by atoms with Crippen LogP contribution in [0, 0.1) is 0 Å². The lowest BCUT2D eigenvalue weighted by molar-refractivity contribution is -0.129. The van der Waals surface area contributed by atoms with E-state index in [-0.39, 0.29) is 24.3 Å². The summed E-state index contributed by atoms with van der Waals surface area (Å²) >= 11 is 0. The van der Waals surface area contributed by atoms with Gasteiger partial charge in [-0.15, -0.1) is 0 Å². The summed E-state index contributed by atoms with van der Waals surface area (Å²) in [5.41, 5.74) is 8.85. The molecular formula is C18H21N7O. The molecule has 3 aromatic rings. The third kappa shape index (κ3) is 3.11. The monoisotopic (exact) mass is 351 g/mol. The lowest BCUT2D eigenvalue weighted by Crippen LogP contribution is -2.33. The van der Waals surface area contributed by atoms with E-state index in [0.29, 0.717) is 18.8 Å². The van der Waals surface area contributed by atoms with Crippen LogP contribution in [0.2, 0.25) is 0 Å². The average molecular weight is 351 g/mol. The van der Waals surface area contributed by atoms with Crippen molar-refractivity contribution in [3.63, 3.8) is 0 Å². The van der Waals surface area contributed by atoms with E-state index < -0.39 is 0 Å². The van der Waals surface area contributed by atoms with Crippen molar-refractivity contribution in [2.45, 2.75) is 18.4 Å². The number of benzene rings is 1. The fraction of sp³-hybridized carbons (Fsp3) is 0.333. The van der Waals surface area contributed by atoms with E-state index in [1.165, 1.54) is 4.80 Å². The van der Waals surface area contributed by atoms with E-state index in [9.17, 15) is 4.79 Å². The van der Waals surface area contributed by atoms with Gasteiger partial charge in [0.25, 0.3) is 0 Å². The Morgan fingerprint density at radius 3 is 2.77 bits per heavy atom. The summed E-state index contributed by atoms with van der Waals surface area (Å²) in [5, 5.41) is 8.65. The smallest absolute Gasteiger partial charge is 0.228 e. The van der Waals surface area contributed by atoms with Crippen LogP contribution in [0.1, 0.15) is 17.3 Å². The van der Waals surface area contributed by atoms with Gasteiger partial charge in [-0.05, 0) is 12.1 Å². The Morgan fingerprint density at radius 1 is 1.23 bits per heavy atom. The normalized spacial score (nSPS) is 19.8. The van der Waals surface area contributed by atoms with E-state index >= 15 is 0 Å². The number of aromatic nitrogens is 5. The molecule has 0 unspecified atom stereocenters. The predicted octanol–water partition coefficient (Wildman–Crippen LogP) is 0.497. The Bertz CT molecular complexity index is 901. The SMILES string of the molecule is Cn1cncc1[C@@H]1CN(C(=O)Cc2cnn(-c3ccccc3)n2)C[C@H]1N. The molecular weight excluding hydrogens is 330 g/mol. The maximum Gasteiger partial charge on any atom is 0.228 e. The summed E-state index contributed by atoms with van der Waals surface area (Å²) in [7, 11) is 1.95. The molecule has 26 heavy (non-hydrogen) atoms. The molecule has 1 amide bonds. The Morgan fingerprint density at radius 2 is 2.04 bits per heavy atom. The lowest BCUT2D eigenvalue weighted by Gasteiger charge is -2.16. The molecule has 134 valence electrons. The van der Waals surface area contributed by atoms with Crippen molar-refractivity contribution in [3.8, 4) is 5.69 Å². The Balaban J connectivity index is 1.43. The van der Waals surface area contributed by atoms with Gasteiger partial charge in [-0.3, -0.25) is 4.79 Å². The molecule has 0 bridgehead atoms. The van der Waals surface area contributed by atoms with Gasteiger partial charge in [0, 0.05) is 44.0 Å². The fourth-order valence-electron chi connectivity index (χ4n) is 3.40. The van der Waals surface area contributed by atoms with Gasteiger partial charge < -0.3 is 15.2 Å². The van der Waals surface area contributed by atoms with E-state index in [1.807, 2.05) is 53.0 Å². The highest BCUT2D eigenvalue weighted by molar-refractivity contribution is 5.78. The van der Waals surface area contributed by atoms with E-state index in [2.05, 4.69) is 15.2 Å². The maximum absolute atomic E-state index is 12.7. The van der Waals surface area contributed by atoms with Crippen molar-refractivity contribution < 1.29 is 4.79 Å². The summed E-state index contributed by atoms with van der Waals surface area (Å²) < 4.78 is 1.96. The first-order chi connectivity index (χ1) is 12.6. The van der Waals surface area contributed by atoms with Crippen LogP contribution in [0.15, 0.2) is 49.1 Å². The van der Waals surface area contributed by atoms with Crippen LogP contribution in [0.3, 0.4) is 0 Å². The largest absolute Gasteiger partial charge is 0.340 e. The summed E-state index contributed by atoms with van der Waals surface area (Å²) in [6, 6.07) is 9.54. The molecule has 8 heteroatoms. The summed E-state index contributed by atoms with van der Waals surface area (Å²) in [6.45, 7) is 1.15. The number of amides is 1. The predicted molar refractivity (Wildman–Crippen MR) is 95.6 cm³/mol. The molecule has 2 atom stereocenters. The molecule has 0 spiro atoms. The van der Waals surface area contributed by atoms with Crippen molar-refractivity contribution in [3.05, 3.63) is 60.4 Å². The highest BCUT2D eigenvalue weighted by Gasteiger charge is 2.35. The minimum atomic E-state index is -0.0886. The molecule has 2 aromatic heterocycles. The number of aryl methyl sites for hydroxylation is 1. The van der Waals surface area contributed by atoms with Crippen LogP contribution < -0.4 is 5.73 Å². The number of imidazole rings is 1. The summed E-state index contributed by atoms with van der Waals surface area (Å²) in [5.74, 6) is 0.122. The van der Waals surface area contributed by atoms with Crippen LogP contribution in [-0.4, -0.2) is 54.5 Å². The first kappa shape index (κ1) is 16.5. The second-order valence-electron chi connectivity index (χ2n) is 6.64. The number of rotatable bonds is 4. The molecule has 0 saturated carbocycles. The van der Waals surface area contributed by atoms with Gasteiger partial charge in [0.05, 0.1) is 30.3 Å². The maximum atomic E-state index is 12.7. The number of hydrogen-bond donors (Lipinski definition) is 1. The molecule has 1 saturated heterocycles. The van der Waals surface area contributed by atoms with Gasteiger partial charge in [-0.25, -0.2) is 4.98 Å². The zero-order chi connectivity index (χ0) is 18.1. The van der Waals surface area contributed by atoms with E-state index in [0.717, 1.165) is 11.4 Å². The van der Waals surface area contributed by atoms with Gasteiger partial charge in [0.1, 0.15) is 0 Å². The highest BCUT2D eigenvalue weighted by atomic mass is 16.2. The molecule has 1 aromatic carbocycles. The van der Waals surface area contributed by atoms with Gasteiger partial charge in [-0.1, -0.05) is 18.2 Å². The molecule has 0 aliphatic carbocycles. The first-order valence-corrected chi connectivity index (χ1v) is 8.58. The number of carbonyl (C=O) groups is 1. The van der Waals surface area contributed by atoms with Crippen molar-refractivity contribution in [1.29, 1.82) is 0 Å². The topological polar surface area (TPSA) is 94.9 Å². The lowest BCUT2D eigenvalue weighted by atomic mass is 10.0. The quantitative estimate of drug-likeness (QED) is 0.738. The molecule has 1 aliphatic rings. The molecule has 8 nitrogen and oxygen atoms in total. The molecule has 1 aliphatic heterocycles. The third-order valence-corrected chi connectivity index (χ3v) is 4.81.